The highest BCUT2D eigenvalue weighted by Crippen LogP contribution is 2.26. The normalized spacial score (nSPS) is 12.7. The van der Waals surface area contributed by atoms with Gasteiger partial charge in [-0.3, -0.25) is 0 Å². The fourth-order valence-electron chi connectivity index (χ4n) is 2.12. The Morgan fingerprint density at radius 3 is 2.63 bits per heavy atom. The Morgan fingerprint density at radius 2 is 2.05 bits per heavy atom. The molecule has 4 nitrogen and oxygen atoms in total. The Morgan fingerprint density at radius 1 is 1.32 bits per heavy atom. The molecule has 108 valence electrons. The fourth-order valence-corrected chi connectivity index (χ4v) is 2.12. The van der Waals surface area contributed by atoms with Gasteiger partial charge in [0.2, 0.25) is 0 Å². The lowest BCUT2D eigenvalue weighted by Crippen LogP contribution is -2.33. The maximum absolute atomic E-state index is 5.46. The van der Waals surface area contributed by atoms with Gasteiger partial charge in [0.05, 0.1) is 13.7 Å². The molecule has 4 heteroatoms. The third-order valence-corrected chi connectivity index (χ3v) is 3.28. The molecule has 0 aliphatic heterocycles. The molecule has 0 aliphatic carbocycles. The van der Waals surface area contributed by atoms with Gasteiger partial charge >= 0.3 is 0 Å². The minimum Gasteiger partial charge on any atom is -0.496 e. The molecular weight excluding hydrogens is 240 g/mol. The Hall–Kier alpha value is -1.10. The van der Waals surface area contributed by atoms with Gasteiger partial charge in [0, 0.05) is 31.8 Å². The second kappa shape index (κ2) is 8.15. The standard InChI is InChI=1S/C15H26N2O2/c1-12-6-7-15(19-5)13(10-12)14(16-2)11-17(3)8-9-18-4/h6-7,10,14,16H,8-9,11H2,1-5H3. The van der Waals surface area contributed by atoms with Crippen molar-refractivity contribution in [2.75, 3.05) is 48.0 Å². The number of benzene rings is 1. The summed E-state index contributed by atoms with van der Waals surface area (Å²) in [4.78, 5) is 2.26. The molecule has 0 heterocycles. The van der Waals surface area contributed by atoms with Crippen molar-refractivity contribution < 1.29 is 9.47 Å². The van der Waals surface area contributed by atoms with Crippen molar-refractivity contribution in [1.82, 2.24) is 10.2 Å². The van der Waals surface area contributed by atoms with Crippen LogP contribution in [0, 0.1) is 6.92 Å². The highest BCUT2D eigenvalue weighted by molar-refractivity contribution is 5.39. The average Bonchev–Trinajstić information content (AvgIpc) is 2.42. The molecule has 1 atom stereocenters. The minimum absolute atomic E-state index is 0.247. The van der Waals surface area contributed by atoms with Crippen LogP contribution in [-0.2, 0) is 4.74 Å². The van der Waals surface area contributed by atoms with Crippen molar-refractivity contribution in [1.29, 1.82) is 0 Å². The zero-order valence-electron chi connectivity index (χ0n) is 12.7. The summed E-state index contributed by atoms with van der Waals surface area (Å²) in [6.07, 6.45) is 0. The van der Waals surface area contributed by atoms with Gasteiger partial charge in [0.1, 0.15) is 5.75 Å². The van der Waals surface area contributed by atoms with E-state index in [1.54, 1.807) is 14.2 Å². The van der Waals surface area contributed by atoms with Crippen LogP contribution in [0.15, 0.2) is 18.2 Å². The van der Waals surface area contributed by atoms with Crippen molar-refractivity contribution in [3.8, 4) is 5.75 Å². The number of methoxy groups -OCH3 is 2. The summed E-state index contributed by atoms with van der Waals surface area (Å²) in [6.45, 7) is 4.69. The third kappa shape index (κ3) is 4.82. The number of hydrogen-bond acceptors (Lipinski definition) is 4. The minimum atomic E-state index is 0.247. The Kier molecular flexibility index (Phi) is 6.84. The van der Waals surface area contributed by atoms with Crippen LogP contribution in [0.1, 0.15) is 17.2 Å². The quantitative estimate of drug-likeness (QED) is 0.778. The predicted octanol–water partition coefficient (Wildman–Crippen LogP) is 1.84. The van der Waals surface area contributed by atoms with E-state index < -0.39 is 0 Å². The molecule has 1 unspecified atom stereocenters. The van der Waals surface area contributed by atoms with Gasteiger partial charge < -0.3 is 19.7 Å². The lowest BCUT2D eigenvalue weighted by Gasteiger charge is -2.25. The molecule has 0 aliphatic rings. The van der Waals surface area contributed by atoms with Gasteiger partial charge in [0.15, 0.2) is 0 Å². The molecule has 1 aromatic rings. The van der Waals surface area contributed by atoms with Crippen LogP contribution in [0.25, 0.3) is 0 Å². The maximum atomic E-state index is 5.46. The highest BCUT2D eigenvalue weighted by Gasteiger charge is 2.16. The Bertz CT molecular complexity index is 382. The number of nitrogens with one attached hydrogen (secondary N) is 1. The SMILES string of the molecule is CNC(CN(C)CCOC)c1cc(C)ccc1OC. The zero-order chi connectivity index (χ0) is 14.3. The number of rotatable bonds is 8. The third-order valence-electron chi connectivity index (χ3n) is 3.28. The lowest BCUT2D eigenvalue weighted by molar-refractivity contribution is 0.156. The molecule has 1 N–H and O–H groups in total. The van der Waals surface area contributed by atoms with Gasteiger partial charge in [-0.1, -0.05) is 17.7 Å². The number of likely N-dealkylation sites (N-methyl/N-ethyl adjacent to an activating group) is 2. The first-order valence-corrected chi connectivity index (χ1v) is 6.61. The summed E-state index contributed by atoms with van der Waals surface area (Å²) < 4.78 is 10.6. The summed E-state index contributed by atoms with van der Waals surface area (Å²) in [5, 5.41) is 3.37. The number of ether oxygens (including phenoxy) is 2. The molecule has 0 radical (unpaired) electrons. The van der Waals surface area contributed by atoms with Crippen LogP contribution >= 0.6 is 0 Å². The van der Waals surface area contributed by atoms with Crippen molar-refractivity contribution in [3.05, 3.63) is 29.3 Å². The van der Waals surface area contributed by atoms with E-state index in [2.05, 4.69) is 36.3 Å². The largest absolute Gasteiger partial charge is 0.496 e. The summed E-state index contributed by atoms with van der Waals surface area (Å²) >= 11 is 0. The van der Waals surface area contributed by atoms with Crippen LogP contribution in [0.4, 0.5) is 0 Å². The van der Waals surface area contributed by atoms with Gasteiger partial charge in [-0.05, 0) is 27.1 Å². The number of aryl methyl sites for hydroxylation is 1. The van der Waals surface area contributed by atoms with E-state index in [0.29, 0.717) is 0 Å². The van der Waals surface area contributed by atoms with Crippen molar-refractivity contribution in [2.24, 2.45) is 0 Å². The molecular formula is C15H26N2O2. The first-order chi connectivity index (χ1) is 9.12. The van der Waals surface area contributed by atoms with Gasteiger partial charge in [0.25, 0.3) is 0 Å². The van der Waals surface area contributed by atoms with E-state index in [0.717, 1.165) is 25.4 Å². The monoisotopic (exact) mass is 266 g/mol. The summed E-state index contributed by atoms with van der Waals surface area (Å²) in [7, 11) is 7.53. The van der Waals surface area contributed by atoms with E-state index in [4.69, 9.17) is 9.47 Å². The van der Waals surface area contributed by atoms with Gasteiger partial charge in [-0.2, -0.15) is 0 Å². The molecule has 0 amide bonds. The molecule has 1 aromatic carbocycles. The molecule has 1 rings (SSSR count). The molecule has 0 bridgehead atoms. The van der Waals surface area contributed by atoms with Crippen molar-refractivity contribution in [3.63, 3.8) is 0 Å². The van der Waals surface area contributed by atoms with Crippen LogP contribution in [0.5, 0.6) is 5.75 Å². The zero-order valence-corrected chi connectivity index (χ0v) is 12.7. The van der Waals surface area contributed by atoms with E-state index in [1.165, 1.54) is 11.1 Å². The van der Waals surface area contributed by atoms with Gasteiger partial charge in [-0.25, -0.2) is 0 Å². The van der Waals surface area contributed by atoms with Gasteiger partial charge in [-0.15, -0.1) is 0 Å². The molecule has 19 heavy (non-hydrogen) atoms. The summed E-state index contributed by atoms with van der Waals surface area (Å²) in [6, 6.07) is 6.54. The topological polar surface area (TPSA) is 33.7 Å². The summed E-state index contributed by atoms with van der Waals surface area (Å²) in [5.74, 6) is 0.935. The highest BCUT2D eigenvalue weighted by atomic mass is 16.5. The average molecular weight is 266 g/mol. The van der Waals surface area contributed by atoms with E-state index >= 15 is 0 Å². The van der Waals surface area contributed by atoms with E-state index in [9.17, 15) is 0 Å². The Labute approximate surface area is 116 Å². The smallest absolute Gasteiger partial charge is 0.123 e. The summed E-state index contributed by atoms with van der Waals surface area (Å²) in [5.41, 5.74) is 2.45. The van der Waals surface area contributed by atoms with Crippen LogP contribution < -0.4 is 10.1 Å². The molecule has 0 saturated heterocycles. The number of hydrogen-bond donors (Lipinski definition) is 1. The first kappa shape index (κ1) is 16.0. The van der Waals surface area contributed by atoms with E-state index in [1.807, 2.05) is 13.1 Å². The predicted molar refractivity (Wildman–Crippen MR) is 78.9 cm³/mol. The molecule has 0 saturated carbocycles. The Balaban J connectivity index is 2.81. The lowest BCUT2D eigenvalue weighted by atomic mass is 10.0. The fraction of sp³-hybridized carbons (Fsp3) is 0.600. The van der Waals surface area contributed by atoms with Crippen LogP contribution in [-0.4, -0.2) is 52.9 Å². The molecule has 0 aromatic heterocycles. The second-order valence-corrected chi connectivity index (χ2v) is 4.84. The molecule has 0 spiro atoms. The van der Waals surface area contributed by atoms with E-state index in [-0.39, 0.29) is 6.04 Å². The van der Waals surface area contributed by atoms with Crippen LogP contribution in [0.3, 0.4) is 0 Å². The molecule has 0 fully saturated rings. The van der Waals surface area contributed by atoms with Crippen molar-refractivity contribution in [2.45, 2.75) is 13.0 Å². The number of nitrogens with zero attached hydrogens (tertiary/aromatic N) is 1. The first-order valence-electron chi connectivity index (χ1n) is 6.61. The van der Waals surface area contributed by atoms with Crippen LogP contribution in [0.2, 0.25) is 0 Å². The maximum Gasteiger partial charge on any atom is 0.123 e. The second-order valence-electron chi connectivity index (χ2n) is 4.84. The van der Waals surface area contributed by atoms with Crippen molar-refractivity contribution >= 4 is 0 Å².